The molecule has 0 amide bonds. The Labute approximate surface area is 100 Å². The van der Waals surface area contributed by atoms with Gasteiger partial charge in [0.1, 0.15) is 5.82 Å². The molecule has 0 spiro atoms. The molecule has 0 aliphatic rings. The summed E-state index contributed by atoms with van der Waals surface area (Å²) in [5.41, 5.74) is 14.0. The lowest BCUT2D eigenvalue weighted by atomic mass is 9.97. The molecular formula is C14H15FN2. The molecule has 2 aromatic rings. The highest BCUT2D eigenvalue weighted by Crippen LogP contribution is 2.22. The first kappa shape index (κ1) is 11.8. The first-order valence-corrected chi connectivity index (χ1v) is 5.51. The van der Waals surface area contributed by atoms with Crippen molar-refractivity contribution in [3.63, 3.8) is 0 Å². The van der Waals surface area contributed by atoms with Gasteiger partial charge in [0.15, 0.2) is 0 Å². The lowest BCUT2D eigenvalue weighted by Crippen LogP contribution is -2.14. The first-order chi connectivity index (χ1) is 8.22. The van der Waals surface area contributed by atoms with Crippen LogP contribution in [0.3, 0.4) is 0 Å². The van der Waals surface area contributed by atoms with Gasteiger partial charge in [0.25, 0.3) is 0 Å². The van der Waals surface area contributed by atoms with E-state index in [0.29, 0.717) is 12.1 Å². The van der Waals surface area contributed by atoms with Crippen molar-refractivity contribution in [2.24, 2.45) is 11.5 Å². The lowest BCUT2D eigenvalue weighted by Gasteiger charge is -2.14. The predicted molar refractivity (Wildman–Crippen MR) is 66.8 cm³/mol. The molecule has 3 heteroatoms. The second-order valence-electron chi connectivity index (χ2n) is 3.95. The molecule has 0 fully saturated rings. The van der Waals surface area contributed by atoms with Crippen LogP contribution in [0.15, 0.2) is 48.5 Å². The van der Waals surface area contributed by atoms with Gasteiger partial charge in [-0.1, -0.05) is 42.5 Å². The molecule has 0 aromatic heterocycles. The van der Waals surface area contributed by atoms with Crippen molar-refractivity contribution in [2.45, 2.75) is 12.6 Å². The van der Waals surface area contributed by atoms with Crippen molar-refractivity contribution in [1.29, 1.82) is 0 Å². The standard InChI is InChI=1S/C14H15FN2/c15-13-7-2-1-6-12(13)14(17)11-5-3-4-10(8-11)9-16/h1-8,14H,9,16-17H2. The van der Waals surface area contributed by atoms with Crippen molar-refractivity contribution in [3.05, 3.63) is 71.0 Å². The van der Waals surface area contributed by atoms with E-state index in [2.05, 4.69) is 0 Å². The summed E-state index contributed by atoms with van der Waals surface area (Å²) in [4.78, 5) is 0. The monoisotopic (exact) mass is 230 g/mol. The first-order valence-electron chi connectivity index (χ1n) is 5.51. The van der Waals surface area contributed by atoms with Gasteiger partial charge >= 0.3 is 0 Å². The van der Waals surface area contributed by atoms with Crippen LogP contribution in [0.1, 0.15) is 22.7 Å². The number of benzene rings is 2. The highest BCUT2D eigenvalue weighted by molar-refractivity contribution is 5.34. The summed E-state index contributed by atoms with van der Waals surface area (Å²) >= 11 is 0. The smallest absolute Gasteiger partial charge is 0.128 e. The maximum absolute atomic E-state index is 13.6. The third-order valence-corrected chi connectivity index (χ3v) is 2.79. The third-order valence-electron chi connectivity index (χ3n) is 2.79. The van der Waals surface area contributed by atoms with Crippen LogP contribution in [-0.4, -0.2) is 0 Å². The fourth-order valence-corrected chi connectivity index (χ4v) is 1.82. The minimum atomic E-state index is -0.456. The second kappa shape index (κ2) is 5.08. The van der Waals surface area contributed by atoms with Crippen LogP contribution in [0.2, 0.25) is 0 Å². The SMILES string of the molecule is NCc1cccc(C(N)c2ccccc2F)c1. The number of hydrogen-bond acceptors (Lipinski definition) is 2. The van der Waals surface area contributed by atoms with Gasteiger partial charge in [0.2, 0.25) is 0 Å². The molecular weight excluding hydrogens is 215 g/mol. The zero-order valence-corrected chi connectivity index (χ0v) is 9.44. The average molecular weight is 230 g/mol. The largest absolute Gasteiger partial charge is 0.326 e. The van der Waals surface area contributed by atoms with E-state index in [4.69, 9.17) is 11.5 Å². The second-order valence-corrected chi connectivity index (χ2v) is 3.95. The highest BCUT2D eigenvalue weighted by atomic mass is 19.1. The molecule has 17 heavy (non-hydrogen) atoms. The van der Waals surface area contributed by atoms with Crippen LogP contribution in [0.4, 0.5) is 4.39 Å². The van der Waals surface area contributed by atoms with E-state index in [1.165, 1.54) is 6.07 Å². The van der Waals surface area contributed by atoms with E-state index >= 15 is 0 Å². The van der Waals surface area contributed by atoms with Gasteiger partial charge in [-0.05, 0) is 17.2 Å². The molecule has 4 N–H and O–H groups in total. The van der Waals surface area contributed by atoms with E-state index in [1.807, 2.05) is 24.3 Å². The Kier molecular flexibility index (Phi) is 3.52. The zero-order chi connectivity index (χ0) is 12.3. The summed E-state index contributed by atoms with van der Waals surface area (Å²) < 4.78 is 13.6. The number of halogens is 1. The summed E-state index contributed by atoms with van der Waals surface area (Å²) in [6.07, 6.45) is 0. The van der Waals surface area contributed by atoms with Gasteiger partial charge in [-0.25, -0.2) is 4.39 Å². The molecule has 2 nitrogen and oxygen atoms in total. The summed E-state index contributed by atoms with van der Waals surface area (Å²) in [6, 6.07) is 13.7. The summed E-state index contributed by atoms with van der Waals surface area (Å²) in [6.45, 7) is 0.456. The van der Waals surface area contributed by atoms with Crippen LogP contribution in [0.5, 0.6) is 0 Å². The fraction of sp³-hybridized carbons (Fsp3) is 0.143. The Morgan fingerprint density at radius 3 is 2.53 bits per heavy atom. The molecule has 2 aromatic carbocycles. The molecule has 1 unspecified atom stereocenters. The van der Waals surface area contributed by atoms with Crippen molar-refractivity contribution >= 4 is 0 Å². The van der Waals surface area contributed by atoms with E-state index in [1.54, 1.807) is 18.2 Å². The van der Waals surface area contributed by atoms with E-state index in [9.17, 15) is 4.39 Å². The Bertz CT molecular complexity index is 511. The highest BCUT2D eigenvalue weighted by Gasteiger charge is 2.12. The number of rotatable bonds is 3. The van der Waals surface area contributed by atoms with Gasteiger partial charge in [-0.2, -0.15) is 0 Å². The summed E-state index contributed by atoms with van der Waals surface area (Å²) in [7, 11) is 0. The van der Waals surface area contributed by atoms with Crippen LogP contribution in [-0.2, 0) is 6.54 Å². The van der Waals surface area contributed by atoms with Gasteiger partial charge in [-0.15, -0.1) is 0 Å². The molecule has 0 aliphatic carbocycles. The number of nitrogens with two attached hydrogens (primary N) is 2. The van der Waals surface area contributed by atoms with Crippen LogP contribution in [0.25, 0.3) is 0 Å². The van der Waals surface area contributed by atoms with Crippen molar-refractivity contribution < 1.29 is 4.39 Å². The van der Waals surface area contributed by atoms with Crippen LogP contribution in [0, 0.1) is 5.82 Å². The zero-order valence-electron chi connectivity index (χ0n) is 9.44. The Hall–Kier alpha value is -1.71. The van der Waals surface area contributed by atoms with Crippen LogP contribution < -0.4 is 11.5 Å². The minimum absolute atomic E-state index is 0.279. The third kappa shape index (κ3) is 2.52. The normalized spacial score (nSPS) is 12.4. The minimum Gasteiger partial charge on any atom is -0.326 e. The van der Waals surface area contributed by atoms with Crippen LogP contribution >= 0.6 is 0 Å². The van der Waals surface area contributed by atoms with Crippen molar-refractivity contribution in [2.75, 3.05) is 0 Å². The van der Waals surface area contributed by atoms with Gasteiger partial charge < -0.3 is 11.5 Å². The molecule has 88 valence electrons. The quantitative estimate of drug-likeness (QED) is 0.850. The molecule has 0 saturated carbocycles. The molecule has 0 bridgehead atoms. The summed E-state index contributed by atoms with van der Waals surface area (Å²) in [5.74, 6) is -0.279. The molecule has 0 saturated heterocycles. The van der Waals surface area contributed by atoms with Crippen molar-refractivity contribution in [1.82, 2.24) is 0 Å². The molecule has 0 radical (unpaired) electrons. The van der Waals surface area contributed by atoms with Crippen molar-refractivity contribution in [3.8, 4) is 0 Å². The van der Waals surface area contributed by atoms with E-state index in [-0.39, 0.29) is 5.82 Å². The Morgan fingerprint density at radius 1 is 1.06 bits per heavy atom. The molecule has 0 heterocycles. The molecule has 0 aliphatic heterocycles. The van der Waals surface area contributed by atoms with Gasteiger partial charge in [0, 0.05) is 12.1 Å². The van der Waals surface area contributed by atoms with Gasteiger partial charge in [0.05, 0.1) is 6.04 Å². The predicted octanol–water partition coefficient (Wildman–Crippen LogP) is 2.33. The lowest BCUT2D eigenvalue weighted by molar-refractivity contribution is 0.599. The van der Waals surface area contributed by atoms with E-state index < -0.39 is 6.04 Å². The summed E-state index contributed by atoms with van der Waals surface area (Å²) in [5, 5.41) is 0. The Balaban J connectivity index is 2.37. The number of hydrogen-bond donors (Lipinski definition) is 2. The van der Waals surface area contributed by atoms with Gasteiger partial charge in [-0.3, -0.25) is 0 Å². The maximum Gasteiger partial charge on any atom is 0.128 e. The fourth-order valence-electron chi connectivity index (χ4n) is 1.82. The van der Waals surface area contributed by atoms with E-state index in [0.717, 1.165) is 11.1 Å². The molecule has 2 rings (SSSR count). The Morgan fingerprint density at radius 2 is 1.82 bits per heavy atom. The average Bonchev–Trinajstić information content (AvgIpc) is 2.38. The molecule has 1 atom stereocenters. The maximum atomic E-state index is 13.6. The topological polar surface area (TPSA) is 52.0 Å².